The molecule has 16 heavy (non-hydrogen) atoms. The minimum absolute atomic E-state index is 0.0463. The van der Waals surface area contributed by atoms with Crippen molar-refractivity contribution in [2.45, 2.75) is 39.0 Å². The van der Waals surface area contributed by atoms with Crippen LogP contribution in [0, 0.1) is 0 Å². The zero-order valence-corrected chi connectivity index (χ0v) is 9.31. The van der Waals surface area contributed by atoms with Gasteiger partial charge in [0, 0.05) is 19.4 Å². The van der Waals surface area contributed by atoms with E-state index in [2.05, 4.69) is 0 Å². The highest BCUT2D eigenvalue weighted by Gasteiger charge is 1.97. The fourth-order valence-electron chi connectivity index (χ4n) is 0.671. The van der Waals surface area contributed by atoms with Crippen LogP contribution in [0.1, 0.15) is 39.0 Å². The van der Waals surface area contributed by atoms with Crippen molar-refractivity contribution in [3.63, 3.8) is 0 Å². The maximum absolute atomic E-state index is 10.1. The summed E-state index contributed by atoms with van der Waals surface area (Å²) in [5, 5.41) is 24.3. The Labute approximate surface area is 93.9 Å². The minimum atomic E-state index is -0.916. The van der Waals surface area contributed by atoms with Crippen LogP contribution in [-0.4, -0.2) is 39.6 Å². The summed E-state index contributed by atoms with van der Waals surface area (Å²) in [6, 6.07) is 0. The molecular weight excluding hydrogens is 216 g/mol. The maximum atomic E-state index is 10.1. The summed E-state index contributed by atoms with van der Waals surface area (Å²) < 4.78 is 0. The van der Waals surface area contributed by atoms with E-state index in [0.717, 1.165) is 0 Å². The molecule has 0 spiro atoms. The van der Waals surface area contributed by atoms with E-state index in [4.69, 9.17) is 15.3 Å². The first-order valence-electron chi connectivity index (χ1n) is 4.94. The summed E-state index contributed by atoms with van der Waals surface area (Å²) in [5.74, 6) is -1.79. The van der Waals surface area contributed by atoms with Gasteiger partial charge in [-0.3, -0.25) is 9.59 Å². The Morgan fingerprint density at radius 3 is 1.62 bits per heavy atom. The van der Waals surface area contributed by atoms with E-state index < -0.39 is 11.9 Å². The molecule has 6 heteroatoms. The number of Topliss-reactive ketones (excluding diaryl/α,β-unsaturated/α-hetero) is 1. The average Bonchev–Trinajstić information content (AvgIpc) is 2.16. The summed E-state index contributed by atoms with van der Waals surface area (Å²) in [7, 11) is 0. The van der Waals surface area contributed by atoms with Crippen LogP contribution in [0.3, 0.4) is 0 Å². The molecule has 0 unspecified atom stereocenters. The number of hydrogen-bond donors (Lipinski definition) is 3. The molecule has 0 saturated carbocycles. The van der Waals surface area contributed by atoms with Crippen molar-refractivity contribution in [3.05, 3.63) is 0 Å². The van der Waals surface area contributed by atoms with Gasteiger partial charge in [0.2, 0.25) is 0 Å². The van der Waals surface area contributed by atoms with Crippen LogP contribution in [0.15, 0.2) is 0 Å². The smallest absolute Gasteiger partial charge is 0.303 e. The summed E-state index contributed by atoms with van der Waals surface area (Å²) in [6.07, 6.45) is 1.43. The number of carbonyl (C=O) groups is 3. The molecular formula is C10H18O6. The van der Waals surface area contributed by atoms with E-state index >= 15 is 0 Å². The number of carboxylic acid groups (broad SMARTS) is 2. The lowest BCUT2D eigenvalue weighted by Crippen LogP contribution is -1.98. The predicted octanol–water partition coefficient (Wildman–Crippen LogP) is 0.674. The van der Waals surface area contributed by atoms with Crippen LogP contribution >= 0.6 is 0 Å². The third-order valence-electron chi connectivity index (χ3n) is 1.49. The highest BCUT2D eigenvalue weighted by Crippen LogP contribution is 1.92. The summed E-state index contributed by atoms with van der Waals surface area (Å²) in [4.78, 5) is 29.6. The topological polar surface area (TPSA) is 112 Å². The van der Waals surface area contributed by atoms with Gasteiger partial charge < -0.3 is 20.1 Å². The first-order chi connectivity index (χ1) is 7.40. The third-order valence-corrected chi connectivity index (χ3v) is 1.49. The molecule has 0 rings (SSSR count). The van der Waals surface area contributed by atoms with Crippen LogP contribution in [0.2, 0.25) is 0 Å². The number of aliphatic hydroxyl groups excluding tert-OH is 1. The molecule has 94 valence electrons. The second kappa shape index (κ2) is 11.6. The van der Waals surface area contributed by atoms with Crippen molar-refractivity contribution in [1.82, 2.24) is 0 Å². The zero-order chi connectivity index (χ0) is 13.0. The van der Waals surface area contributed by atoms with Crippen molar-refractivity contribution in [2.75, 3.05) is 6.61 Å². The summed E-state index contributed by atoms with van der Waals surface area (Å²) in [6.45, 7) is 1.47. The molecule has 0 aliphatic carbocycles. The average molecular weight is 234 g/mol. The largest absolute Gasteiger partial charge is 0.481 e. The number of ketones is 1. The number of hydrogen-bond acceptors (Lipinski definition) is 4. The Morgan fingerprint density at radius 1 is 0.875 bits per heavy atom. The Morgan fingerprint density at radius 2 is 1.38 bits per heavy atom. The number of carbonyl (C=O) groups excluding carboxylic acids is 1. The number of aliphatic carboxylic acids is 2. The second-order valence-corrected chi connectivity index (χ2v) is 3.17. The highest BCUT2D eigenvalue weighted by molar-refractivity contribution is 5.80. The monoisotopic (exact) mass is 234 g/mol. The number of carboxylic acids is 2. The molecule has 0 aliphatic heterocycles. The van der Waals surface area contributed by atoms with Crippen molar-refractivity contribution in [2.24, 2.45) is 0 Å². The van der Waals surface area contributed by atoms with E-state index in [1.165, 1.54) is 6.92 Å². The molecule has 0 saturated heterocycles. The van der Waals surface area contributed by atoms with Crippen LogP contribution in [-0.2, 0) is 14.4 Å². The zero-order valence-electron chi connectivity index (χ0n) is 9.31. The lowest BCUT2D eigenvalue weighted by molar-refractivity contribution is -0.138. The second-order valence-electron chi connectivity index (χ2n) is 3.17. The molecule has 0 radical (unpaired) electrons. The van der Waals surface area contributed by atoms with Gasteiger partial charge in [-0.15, -0.1) is 0 Å². The van der Waals surface area contributed by atoms with Gasteiger partial charge in [-0.1, -0.05) is 0 Å². The Balaban J connectivity index is 0. The van der Waals surface area contributed by atoms with E-state index in [1.807, 2.05) is 0 Å². The molecule has 0 aromatic rings. The van der Waals surface area contributed by atoms with Crippen LogP contribution in [0.4, 0.5) is 0 Å². The standard InChI is InChI=1S/C5H8O3.C5H10O3/c1-4(6)2-3-5(7)8;6-4-2-1-3-5(7)8/h2-3H2,1H3,(H,7,8);6H,1-4H2,(H,7,8). The van der Waals surface area contributed by atoms with Crippen LogP contribution < -0.4 is 0 Å². The fraction of sp³-hybridized carbons (Fsp3) is 0.700. The number of unbranched alkanes of at least 4 members (excludes halogenated alkanes) is 1. The van der Waals surface area contributed by atoms with E-state index in [0.29, 0.717) is 12.8 Å². The summed E-state index contributed by atoms with van der Waals surface area (Å²) >= 11 is 0. The van der Waals surface area contributed by atoms with Gasteiger partial charge >= 0.3 is 11.9 Å². The quantitative estimate of drug-likeness (QED) is 0.558. The molecule has 0 atom stereocenters. The van der Waals surface area contributed by atoms with E-state index in [-0.39, 0.29) is 31.7 Å². The molecule has 0 aromatic heterocycles. The van der Waals surface area contributed by atoms with Crippen molar-refractivity contribution >= 4 is 17.7 Å². The van der Waals surface area contributed by atoms with Gasteiger partial charge in [-0.25, -0.2) is 0 Å². The summed E-state index contributed by atoms with van der Waals surface area (Å²) in [5.41, 5.74) is 0. The van der Waals surface area contributed by atoms with Gasteiger partial charge in [0.05, 0.1) is 6.42 Å². The molecule has 0 heterocycles. The van der Waals surface area contributed by atoms with Crippen molar-refractivity contribution < 1.29 is 29.7 Å². The molecule has 0 amide bonds. The maximum Gasteiger partial charge on any atom is 0.303 e. The van der Waals surface area contributed by atoms with Crippen molar-refractivity contribution in [1.29, 1.82) is 0 Å². The van der Waals surface area contributed by atoms with Crippen LogP contribution in [0.5, 0.6) is 0 Å². The fourth-order valence-corrected chi connectivity index (χ4v) is 0.671. The van der Waals surface area contributed by atoms with Crippen LogP contribution in [0.25, 0.3) is 0 Å². The van der Waals surface area contributed by atoms with Gasteiger partial charge in [0.15, 0.2) is 0 Å². The Kier molecular flexibility index (Phi) is 12.4. The first kappa shape index (κ1) is 17.0. The molecule has 0 aliphatic rings. The molecule has 6 nitrogen and oxygen atoms in total. The SMILES string of the molecule is CC(=O)CCC(=O)O.O=C(O)CCCCO. The highest BCUT2D eigenvalue weighted by atomic mass is 16.4. The first-order valence-corrected chi connectivity index (χ1v) is 4.94. The number of rotatable bonds is 7. The van der Waals surface area contributed by atoms with Crippen molar-refractivity contribution in [3.8, 4) is 0 Å². The van der Waals surface area contributed by atoms with Gasteiger partial charge in [0.1, 0.15) is 5.78 Å². The lowest BCUT2D eigenvalue weighted by Gasteiger charge is -1.89. The normalized spacial score (nSPS) is 8.88. The third kappa shape index (κ3) is 22.9. The van der Waals surface area contributed by atoms with E-state index in [9.17, 15) is 14.4 Å². The molecule has 0 bridgehead atoms. The van der Waals surface area contributed by atoms with Gasteiger partial charge in [-0.2, -0.15) is 0 Å². The lowest BCUT2D eigenvalue weighted by atomic mass is 10.2. The minimum Gasteiger partial charge on any atom is -0.481 e. The van der Waals surface area contributed by atoms with Gasteiger partial charge in [0.25, 0.3) is 0 Å². The Hall–Kier alpha value is -1.43. The molecule has 0 fully saturated rings. The Bertz CT molecular complexity index is 209. The molecule has 0 aromatic carbocycles. The number of aliphatic hydroxyl groups is 1. The molecule has 3 N–H and O–H groups in total. The van der Waals surface area contributed by atoms with E-state index in [1.54, 1.807) is 0 Å². The van der Waals surface area contributed by atoms with Gasteiger partial charge in [-0.05, 0) is 19.8 Å². The predicted molar refractivity (Wildman–Crippen MR) is 56.1 cm³/mol.